The molecule has 2 heterocycles. The first kappa shape index (κ1) is 14.7. The molecular formula is C16H16F2N2O2. The molecule has 0 spiro atoms. The van der Waals surface area contributed by atoms with E-state index in [4.69, 9.17) is 0 Å². The molecule has 116 valence electrons. The molecule has 1 aromatic carbocycles. The van der Waals surface area contributed by atoms with Gasteiger partial charge in [0.25, 0.3) is 5.91 Å². The summed E-state index contributed by atoms with van der Waals surface area (Å²) in [5, 5.41) is 9.89. The summed E-state index contributed by atoms with van der Waals surface area (Å²) in [6, 6.07) is 4.13. The lowest BCUT2D eigenvalue weighted by molar-refractivity contribution is 0.0713. The minimum atomic E-state index is -0.754. The van der Waals surface area contributed by atoms with E-state index < -0.39 is 23.8 Å². The average molecular weight is 306 g/mol. The fourth-order valence-electron chi connectivity index (χ4n) is 2.94. The number of hydrogen-bond acceptors (Lipinski definition) is 2. The predicted molar refractivity (Wildman–Crippen MR) is 76.3 cm³/mol. The number of amides is 1. The van der Waals surface area contributed by atoms with Crippen LogP contribution in [0.2, 0.25) is 0 Å². The zero-order valence-corrected chi connectivity index (χ0v) is 12.0. The van der Waals surface area contributed by atoms with Gasteiger partial charge in [-0.15, -0.1) is 0 Å². The standard InChI is InChI=1S/C16H16F2N2O2/c1-9-12(4-5-19-9)16(22)20-8-11(21)7-15(20)13-6-10(17)2-3-14(13)18/h2-6,11,15,19,21H,7-8H2,1H3/t11-,15-/m1/s1. The summed E-state index contributed by atoms with van der Waals surface area (Å²) in [7, 11) is 0. The molecule has 1 aliphatic heterocycles. The summed E-state index contributed by atoms with van der Waals surface area (Å²) >= 11 is 0. The highest BCUT2D eigenvalue weighted by Gasteiger charge is 2.37. The number of aromatic amines is 1. The van der Waals surface area contributed by atoms with Crippen molar-refractivity contribution in [3.63, 3.8) is 0 Å². The van der Waals surface area contributed by atoms with Gasteiger partial charge in [-0.2, -0.15) is 0 Å². The number of benzene rings is 1. The number of likely N-dealkylation sites (tertiary alicyclic amines) is 1. The highest BCUT2D eigenvalue weighted by molar-refractivity contribution is 5.95. The Bertz CT molecular complexity index is 714. The number of β-amino-alcohol motifs (C(OH)–C–C–N with tert-alkyl or cyclic N) is 1. The van der Waals surface area contributed by atoms with E-state index in [1.807, 2.05) is 0 Å². The van der Waals surface area contributed by atoms with Crippen molar-refractivity contribution >= 4 is 5.91 Å². The Labute approximate surface area is 126 Å². The van der Waals surface area contributed by atoms with E-state index >= 15 is 0 Å². The Kier molecular flexibility index (Phi) is 3.70. The van der Waals surface area contributed by atoms with Crippen LogP contribution in [-0.4, -0.2) is 33.5 Å². The monoisotopic (exact) mass is 306 g/mol. The minimum absolute atomic E-state index is 0.0955. The maximum atomic E-state index is 14.0. The molecule has 0 unspecified atom stereocenters. The summed E-state index contributed by atoms with van der Waals surface area (Å²) in [6.45, 7) is 1.86. The van der Waals surface area contributed by atoms with Gasteiger partial charge in [0.2, 0.25) is 0 Å². The molecule has 0 aliphatic carbocycles. The molecule has 1 aromatic heterocycles. The topological polar surface area (TPSA) is 56.3 Å². The van der Waals surface area contributed by atoms with Gasteiger partial charge in [0, 0.05) is 24.0 Å². The second kappa shape index (κ2) is 5.53. The summed E-state index contributed by atoms with van der Waals surface area (Å²) in [4.78, 5) is 16.9. The van der Waals surface area contributed by atoms with E-state index in [0.717, 1.165) is 18.2 Å². The van der Waals surface area contributed by atoms with Crippen molar-refractivity contribution < 1.29 is 18.7 Å². The van der Waals surface area contributed by atoms with Crippen LogP contribution in [0.1, 0.15) is 34.1 Å². The van der Waals surface area contributed by atoms with Crippen molar-refractivity contribution in [2.75, 3.05) is 6.54 Å². The van der Waals surface area contributed by atoms with E-state index in [1.165, 1.54) is 4.90 Å². The maximum Gasteiger partial charge on any atom is 0.256 e. The molecule has 2 N–H and O–H groups in total. The Hall–Kier alpha value is -2.21. The van der Waals surface area contributed by atoms with Crippen molar-refractivity contribution in [3.05, 3.63) is 58.9 Å². The molecule has 2 aromatic rings. The zero-order chi connectivity index (χ0) is 15.9. The number of aliphatic hydroxyl groups excluding tert-OH is 1. The Morgan fingerprint density at radius 3 is 2.82 bits per heavy atom. The van der Waals surface area contributed by atoms with Crippen LogP contribution in [0.4, 0.5) is 8.78 Å². The number of aliphatic hydroxyl groups is 1. The van der Waals surface area contributed by atoms with E-state index in [9.17, 15) is 18.7 Å². The van der Waals surface area contributed by atoms with Crippen LogP contribution in [0.3, 0.4) is 0 Å². The second-order valence-corrected chi connectivity index (χ2v) is 5.55. The van der Waals surface area contributed by atoms with E-state index in [2.05, 4.69) is 4.98 Å². The van der Waals surface area contributed by atoms with Crippen molar-refractivity contribution in [1.82, 2.24) is 9.88 Å². The molecule has 1 saturated heterocycles. The van der Waals surface area contributed by atoms with Gasteiger partial charge in [0.15, 0.2) is 0 Å². The molecule has 0 saturated carbocycles. The predicted octanol–water partition coefficient (Wildman–Crippen LogP) is 2.55. The molecule has 22 heavy (non-hydrogen) atoms. The highest BCUT2D eigenvalue weighted by atomic mass is 19.1. The SMILES string of the molecule is Cc1[nH]ccc1C(=O)N1C[C@H](O)C[C@@H]1c1cc(F)ccc1F. The van der Waals surface area contributed by atoms with E-state index in [-0.39, 0.29) is 24.4 Å². The van der Waals surface area contributed by atoms with Gasteiger partial charge in [-0.25, -0.2) is 8.78 Å². The first-order valence-corrected chi connectivity index (χ1v) is 7.05. The quantitative estimate of drug-likeness (QED) is 0.896. The minimum Gasteiger partial charge on any atom is -0.391 e. The first-order chi connectivity index (χ1) is 10.5. The van der Waals surface area contributed by atoms with Crippen LogP contribution < -0.4 is 0 Å². The summed E-state index contributed by atoms with van der Waals surface area (Å²) in [6.07, 6.45) is 1.08. The Morgan fingerprint density at radius 1 is 1.36 bits per heavy atom. The number of nitrogens with one attached hydrogen (secondary N) is 1. The van der Waals surface area contributed by atoms with Crippen LogP contribution in [0.25, 0.3) is 0 Å². The number of carbonyl (C=O) groups is 1. The molecule has 6 heteroatoms. The summed E-state index contributed by atoms with van der Waals surface area (Å²) in [5.74, 6) is -1.45. The van der Waals surface area contributed by atoms with Gasteiger partial charge in [0.1, 0.15) is 11.6 Å². The van der Waals surface area contributed by atoms with Gasteiger partial charge >= 0.3 is 0 Å². The third kappa shape index (κ3) is 2.50. The average Bonchev–Trinajstić information content (AvgIpc) is 3.07. The number of halogens is 2. The number of aryl methyl sites for hydroxylation is 1. The zero-order valence-electron chi connectivity index (χ0n) is 12.0. The van der Waals surface area contributed by atoms with Crippen molar-refractivity contribution in [1.29, 1.82) is 0 Å². The molecule has 0 bridgehead atoms. The van der Waals surface area contributed by atoms with Gasteiger partial charge in [-0.1, -0.05) is 0 Å². The molecular weight excluding hydrogens is 290 g/mol. The molecule has 0 radical (unpaired) electrons. The summed E-state index contributed by atoms with van der Waals surface area (Å²) < 4.78 is 27.4. The Balaban J connectivity index is 1.98. The van der Waals surface area contributed by atoms with Crippen molar-refractivity contribution in [2.45, 2.75) is 25.5 Å². The fraction of sp³-hybridized carbons (Fsp3) is 0.312. The molecule has 1 fully saturated rings. The van der Waals surface area contributed by atoms with Crippen molar-refractivity contribution in [3.8, 4) is 0 Å². The van der Waals surface area contributed by atoms with Crippen LogP contribution in [0.15, 0.2) is 30.5 Å². The van der Waals surface area contributed by atoms with Crippen molar-refractivity contribution in [2.24, 2.45) is 0 Å². The fourth-order valence-corrected chi connectivity index (χ4v) is 2.94. The van der Waals surface area contributed by atoms with Crippen LogP contribution in [0, 0.1) is 18.6 Å². The largest absolute Gasteiger partial charge is 0.391 e. The lowest BCUT2D eigenvalue weighted by atomic mass is 10.0. The molecule has 1 aliphatic rings. The second-order valence-electron chi connectivity index (χ2n) is 5.55. The number of aromatic nitrogens is 1. The van der Waals surface area contributed by atoms with Gasteiger partial charge in [0.05, 0.1) is 17.7 Å². The first-order valence-electron chi connectivity index (χ1n) is 7.05. The molecule has 2 atom stereocenters. The van der Waals surface area contributed by atoms with Crippen LogP contribution in [0.5, 0.6) is 0 Å². The maximum absolute atomic E-state index is 14.0. The van der Waals surface area contributed by atoms with E-state index in [1.54, 1.807) is 19.2 Å². The lowest BCUT2D eigenvalue weighted by Gasteiger charge is -2.25. The third-order valence-electron chi connectivity index (χ3n) is 4.04. The van der Waals surface area contributed by atoms with Gasteiger partial charge < -0.3 is 15.0 Å². The number of H-pyrrole nitrogens is 1. The number of nitrogens with zero attached hydrogens (tertiary/aromatic N) is 1. The Morgan fingerprint density at radius 2 is 2.14 bits per heavy atom. The summed E-state index contributed by atoms with van der Waals surface area (Å²) in [5.41, 5.74) is 1.26. The number of hydrogen-bond donors (Lipinski definition) is 2. The highest BCUT2D eigenvalue weighted by Crippen LogP contribution is 2.35. The normalized spacial score (nSPS) is 21.4. The van der Waals surface area contributed by atoms with Gasteiger partial charge in [-0.05, 0) is 37.6 Å². The van der Waals surface area contributed by atoms with Crippen LogP contribution in [-0.2, 0) is 0 Å². The molecule has 1 amide bonds. The molecule has 4 nitrogen and oxygen atoms in total. The molecule has 3 rings (SSSR count). The van der Waals surface area contributed by atoms with E-state index in [0.29, 0.717) is 11.3 Å². The van der Waals surface area contributed by atoms with Crippen LogP contribution >= 0.6 is 0 Å². The number of rotatable bonds is 2. The number of carbonyl (C=O) groups excluding carboxylic acids is 1. The lowest BCUT2D eigenvalue weighted by Crippen LogP contribution is -2.32. The smallest absolute Gasteiger partial charge is 0.256 e. The van der Waals surface area contributed by atoms with Gasteiger partial charge in [-0.3, -0.25) is 4.79 Å². The third-order valence-corrected chi connectivity index (χ3v) is 4.04.